The van der Waals surface area contributed by atoms with Crippen LogP contribution in [-0.4, -0.2) is 46.6 Å². The number of hydrogen-bond donors (Lipinski definition) is 3. The van der Waals surface area contributed by atoms with Gasteiger partial charge in [0.15, 0.2) is 5.82 Å². The maximum absolute atomic E-state index is 14.9. The van der Waals surface area contributed by atoms with Gasteiger partial charge < -0.3 is 15.8 Å². The summed E-state index contributed by atoms with van der Waals surface area (Å²) in [5.41, 5.74) is 8.86. The van der Waals surface area contributed by atoms with Gasteiger partial charge in [0.2, 0.25) is 5.91 Å². The molecule has 1 aliphatic heterocycles. The molecule has 0 spiro atoms. The number of nitrogens with two attached hydrogens (primary N) is 1. The fraction of sp³-hybridized carbons (Fsp3) is 0.238. The number of nitrogen functional groups attached to an aromatic ring is 1. The fourth-order valence-electron chi connectivity index (χ4n) is 3.39. The number of H-pyrrole nitrogens is 1. The van der Waals surface area contributed by atoms with E-state index >= 15 is 0 Å². The molecule has 4 rings (SSSR count). The van der Waals surface area contributed by atoms with Crippen molar-refractivity contribution in [1.82, 2.24) is 20.7 Å². The molecule has 0 unspecified atom stereocenters. The zero-order valence-electron chi connectivity index (χ0n) is 16.8. The first-order valence-corrected chi connectivity index (χ1v) is 9.67. The van der Waals surface area contributed by atoms with E-state index in [2.05, 4.69) is 20.7 Å². The van der Waals surface area contributed by atoms with E-state index in [4.69, 9.17) is 10.5 Å². The molecule has 0 saturated carbocycles. The topological polar surface area (TPSA) is 126 Å². The van der Waals surface area contributed by atoms with Gasteiger partial charge in [0, 0.05) is 18.9 Å². The predicted molar refractivity (Wildman–Crippen MR) is 112 cm³/mol. The summed E-state index contributed by atoms with van der Waals surface area (Å²) in [6, 6.07) is 12.0. The average Bonchev–Trinajstić information content (AvgIpc) is 3.32. The van der Waals surface area contributed by atoms with Gasteiger partial charge in [-0.1, -0.05) is 24.3 Å². The second-order valence-electron chi connectivity index (χ2n) is 7.25. The third kappa shape index (κ3) is 4.47. The zero-order chi connectivity index (χ0) is 22.0. The third-order valence-corrected chi connectivity index (χ3v) is 5.00. The zero-order valence-corrected chi connectivity index (χ0v) is 16.8. The first-order chi connectivity index (χ1) is 14.9. The molecule has 31 heavy (non-hydrogen) atoms. The highest BCUT2D eigenvalue weighted by molar-refractivity contribution is 5.90. The Morgan fingerprint density at radius 2 is 2.06 bits per heavy atom. The molecule has 1 saturated heterocycles. The van der Waals surface area contributed by atoms with Gasteiger partial charge in [-0.25, -0.2) is 9.18 Å². The second-order valence-corrected chi connectivity index (χ2v) is 7.25. The van der Waals surface area contributed by atoms with E-state index in [1.54, 1.807) is 12.1 Å². The molecular weight excluding hydrogens is 403 g/mol. The normalized spacial score (nSPS) is 15.7. The smallest absolute Gasteiger partial charge is 0.414 e. The van der Waals surface area contributed by atoms with Crippen molar-refractivity contribution >= 4 is 23.5 Å². The molecule has 2 amide bonds. The Balaban J connectivity index is 1.47. The Labute approximate surface area is 177 Å². The van der Waals surface area contributed by atoms with E-state index in [-0.39, 0.29) is 19.0 Å². The molecule has 1 fully saturated rings. The molecule has 3 aromatic rings. The average molecular weight is 424 g/mol. The van der Waals surface area contributed by atoms with Gasteiger partial charge >= 0.3 is 6.09 Å². The van der Waals surface area contributed by atoms with Crippen LogP contribution in [0.5, 0.6) is 0 Å². The van der Waals surface area contributed by atoms with Gasteiger partial charge in [-0.3, -0.25) is 9.69 Å². The molecule has 1 aromatic heterocycles. The Morgan fingerprint density at radius 3 is 2.71 bits per heavy atom. The summed E-state index contributed by atoms with van der Waals surface area (Å²) in [5, 5.41) is 12.9. The van der Waals surface area contributed by atoms with E-state index in [1.807, 2.05) is 24.3 Å². The van der Waals surface area contributed by atoms with Crippen LogP contribution in [0.25, 0.3) is 11.1 Å². The Hall–Kier alpha value is -3.95. The van der Waals surface area contributed by atoms with Gasteiger partial charge in [-0.2, -0.15) is 10.3 Å². The van der Waals surface area contributed by atoms with Gasteiger partial charge in [0.1, 0.15) is 17.6 Å². The minimum atomic E-state index is -0.570. The highest BCUT2D eigenvalue weighted by atomic mass is 19.1. The number of amides is 2. The number of anilines is 2. The van der Waals surface area contributed by atoms with E-state index < -0.39 is 18.0 Å². The number of rotatable bonds is 6. The molecule has 160 valence electrons. The minimum Gasteiger partial charge on any atom is -0.442 e. The summed E-state index contributed by atoms with van der Waals surface area (Å²) in [6.07, 6.45) is -0.537. The predicted octanol–water partition coefficient (Wildman–Crippen LogP) is 2.25. The number of halogens is 1. The molecule has 1 aliphatic rings. The Kier molecular flexibility index (Phi) is 5.52. The standard InChI is InChI=1S/C21H21FN6O3/c1-12(29)24-10-16-11-28(21(30)31-16)15-6-7-17(18(22)9-15)14-4-2-13(3-5-14)8-19-20(23)26-27-25-19/h2-7,9,16H,8,10-11H2,1H3,(H,24,29)(H3,23,25,26,27)/t16-/m0/s1. The number of ether oxygens (including phenoxy) is 1. The molecule has 10 heteroatoms. The van der Waals surface area contributed by atoms with Crippen molar-refractivity contribution in [2.24, 2.45) is 0 Å². The maximum Gasteiger partial charge on any atom is 0.414 e. The van der Waals surface area contributed by atoms with Crippen LogP contribution in [0.1, 0.15) is 18.2 Å². The van der Waals surface area contributed by atoms with Crippen molar-refractivity contribution in [2.75, 3.05) is 23.7 Å². The number of aromatic nitrogens is 3. The van der Waals surface area contributed by atoms with Crippen molar-refractivity contribution in [1.29, 1.82) is 0 Å². The molecule has 4 N–H and O–H groups in total. The van der Waals surface area contributed by atoms with Crippen molar-refractivity contribution in [3.8, 4) is 11.1 Å². The monoisotopic (exact) mass is 424 g/mol. The lowest BCUT2D eigenvalue weighted by molar-refractivity contribution is -0.119. The van der Waals surface area contributed by atoms with Gasteiger partial charge in [-0.05, 0) is 29.3 Å². The number of hydrogen-bond acceptors (Lipinski definition) is 6. The molecule has 2 aromatic carbocycles. The second kappa shape index (κ2) is 8.42. The summed E-state index contributed by atoms with van der Waals surface area (Å²) in [6.45, 7) is 1.83. The van der Waals surface area contributed by atoms with Crippen molar-refractivity contribution < 1.29 is 18.7 Å². The van der Waals surface area contributed by atoms with Crippen molar-refractivity contribution in [2.45, 2.75) is 19.4 Å². The molecule has 0 radical (unpaired) electrons. The number of carbonyl (C=O) groups excluding carboxylic acids is 2. The van der Waals surface area contributed by atoms with Crippen LogP contribution in [0.15, 0.2) is 42.5 Å². The Bertz CT molecular complexity index is 1110. The van der Waals surface area contributed by atoms with Crippen LogP contribution in [-0.2, 0) is 16.0 Å². The number of benzene rings is 2. The molecule has 9 nitrogen and oxygen atoms in total. The van der Waals surface area contributed by atoms with Crippen molar-refractivity contribution in [3.05, 3.63) is 59.5 Å². The highest BCUT2D eigenvalue weighted by Crippen LogP contribution is 2.29. The fourth-order valence-corrected chi connectivity index (χ4v) is 3.39. The highest BCUT2D eigenvalue weighted by Gasteiger charge is 2.32. The number of nitrogens with zero attached hydrogens (tertiary/aromatic N) is 3. The summed E-state index contributed by atoms with van der Waals surface area (Å²) >= 11 is 0. The summed E-state index contributed by atoms with van der Waals surface area (Å²) in [5.74, 6) is -0.310. The van der Waals surface area contributed by atoms with Crippen LogP contribution >= 0.6 is 0 Å². The van der Waals surface area contributed by atoms with Crippen LogP contribution in [0.4, 0.5) is 20.7 Å². The van der Waals surface area contributed by atoms with Crippen LogP contribution < -0.4 is 16.0 Å². The summed E-state index contributed by atoms with van der Waals surface area (Å²) in [4.78, 5) is 24.5. The summed E-state index contributed by atoms with van der Waals surface area (Å²) < 4.78 is 20.1. The molecular formula is C21H21FN6O3. The first-order valence-electron chi connectivity index (χ1n) is 9.67. The Morgan fingerprint density at radius 1 is 1.29 bits per heavy atom. The van der Waals surface area contributed by atoms with E-state index in [0.717, 1.165) is 5.56 Å². The molecule has 0 bridgehead atoms. The first kappa shape index (κ1) is 20.3. The van der Waals surface area contributed by atoms with Crippen molar-refractivity contribution in [3.63, 3.8) is 0 Å². The van der Waals surface area contributed by atoms with Gasteiger partial charge in [0.05, 0.1) is 18.8 Å². The lowest BCUT2D eigenvalue weighted by Crippen LogP contribution is -2.33. The van der Waals surface area contributed by atoms with Crippen LogP contribution in [0.3, 0.4) is 0 Å². The summed E-state index contributed by atoms with van der Waals surface area (Å²) in [7, 11) is 0. The van der Waals surface area contributed by atoms with Gasteiger partial charge in [-0.15, -0.1) is 5.10 Å². The lowest BCUT2D eigenvalue weighted by atomic mass is 10.0. The van der Waals surface area contributed by atoms with Crippen LogP contribution in [0, 0.1) is 5.82 Å². The SMILES string of the molecule is CC(=O)NC[C@H]1CN(c2ccc(-c3ccc(Cc4n[nH]nc4N)cc3)c(F)c2)C(=O)O1. The largest absolute Gasteiger partial charge is 0.442 e. The lowest BCUT2D eigenvalue weighted by Gasteiger charge is -2.14. The number of aromatic amines is 1. The number of carbonyl (C=O) groups is 2. The maximum atomic E-state index is 14.9. The third-order valence-electron chi connectivity index (χ3n) is 5.00. The molecule has 1 atom stereocenters. The van der Waals surface area contributed by atoms with Crippen LogP contribution in [0.2, 0.25) is 0 Å². The number of cyclic esters (lactones) is 1. The van der Waals surface area contributed by atoms with E-state index in [1.165, 1.54) is 17.9 Å². The molecule has 0 aliphatic carbocycles. The minimum absolute atomic E-state index is 0.208. The van der Waals surface area contributed by atoms with E-state index in [9.17, 15) is 14.0 Å². The quantitative estimate of drug-likeness (QED) is 0.557. The molecule has 2 heterocycles. The van der Waals surface area contributed by atoms with Gasteiger partial charge in [0.25, 0.3) is 0 Å². The number of nitrogens with one attached hydrogen (secondary N) is 2. The van der Waals surface area contributed by atoms with E-state index in [0.29, 0.717) is 34.7 Å².